The van der Waals surface area contributed by atoms with Crippen molar-refractivity contribution in [3.63, 3.8) is 0 Å². The van der Waals surface area contributed by atoms with Crippen LogP contribution in [0, 0.1) is 6.92 Å². The van der Waals surface area contributed by atoms with Crippen molar-refractivity contribution in [3.05, 3.63) is 78.4 Å². The maximum atomic E-state index is 12.3. The Labute approximate surface area is 173 Å². The fraction of sp³-hybridized carbons (Fsp3) is 0.136. The predicted molar refractivity (Wildman–Crippen MR) is 117 cm³/mol. The van der Waals surface area contributed by atoms with E-state index in [1.54, 1.807) is 18.3 Å². The van der Waals surface area contributed by atoms with E-state index < -0.39 is 0 Å². The first-order valence-corrected chi connectivity index (χ1v) is 9.57. The summed E-state index contributed by atoms with van der Waals surface area (Å²) in [6, 6.07) is 17.0. The number of aryl methyl sites for hydroxylation is 1. The van der Waals surface area contributed by atoms with E-state index in [1.165, 1.54) is 6.33 Å². The van der Waals surface area contributed by atoms with E-state index in [2.05, 4.69) is 35.9 Å². The summed E-state index contributed by atoms with van der Waals surface area (Å²) in [7, 11) is 0. The van der Waals surface area contributed by atoms with Crippen molar-refractivity contribution in [1.29, 1.82) is 0 Å². The Morgan fingerprint density at radius 1 is 0.900 bits per heavy atom. The summed E-state index contributed by atoms with van der Waals surface area (Å²) in [4.78, 5) is 29.4. The lowest BCUT2D eigenvalue weighted by molar-refractivity contribution is 0.0950. The Hall–Kier alpha value is -4.07. The molecule has 0 spiro atoms. The van der Waals surface area contributed by atoms with Gasteiger partial charge >= 0.3 is 0 Å². The molecule has 0 bridgehead atoms. The van der Waals surface area contributed by atoms with Crippen LogP contribution in [0.15, 0.2) is 67.1 Å². The van der Waals surface area contributed by atoms with Gasteiger partial charge in [-0.1, -0.05) is 24.3 Å². The second-order valence-corrected chi connectivity index (χ2v) is 6.70. The van der Waals surface area contributed by atoms with Crippen molar-refractivity contribution in [2.45, 2.75) is 6.92 Å². The van der Waals surface area contributed by atoms with Gasteiger partial charge in [-0.3, -0.25) is 4.79 Å². The Morgan fingerprint density at radius 3 is 2.63 bits per heavy atom. The summed E-state index contributed by atoms with van der Waals surface area (Å²) < 4.78 is 0. The van der Waals surface area contributed by atoms with Crippen LogP contribution in [0.4, 0.5) is 17.5 Å². The number of carbonyl (C=O) groups excluding carboxylic acids is 1. The number of hydrogen-bond acceptors (Lipinski definition) is 7. The molecule has 8 nitrogen and oxygen atoms in total. The average molecular weight is 399 g/mol. The Balaban J connectivity index is 1.29. The average Bonchev–Trinajstić information content (AvgIpc) is 2.76. The largest absolute Gasteiger partial charge is 0.368 e. The molecule has 0 aliphatic carbocycles. The number of anilines is 3. The molecule has 4 rings (SSSR count). The highest BCUT2D eigenvalue weighted by atomic mass is 16.1. The van der Waals surface area contributed by atoms with Crippen molar-refractivity contribution in [2.75, 3.05) is 23.7 Å². The molecule has 0 radical (unpaired) electrons. The summed E-state index contributed by atoms with van der Waals surface area (Å²) in [6.07, 6.45) is 3.21. The van der Waals surface area contributed by atoms with Crippen molar-refractivity contribution in [3.8, 4) is 0 Å². The molecule has 0 saturated carbocycles. The molecule has 0 unspecified atom stereocenters. The number of amides is 1. The van der Waals surface area contributed by atoms with Crippen LogP contribution in [0.25, 0.3) is 10.9 Å². The lowest BCUT2D eigenvalue weighted by Crippen LogP contribution is -2.29. The first kappa shape index (κ1) is 19.3. The first-order chi connectivity index (χ1) is 14.7. The van der Waals surface area contributed by atoms with Crippen LogP contribution in [0.3, 0.4) is 0 Å². The van der Waals surface area contributed by atoms with E-state index >= 15 is 0 Å². The zero-order valence-corrected chi connectivity index (χ0v) is 16.5. The molecule has 30 heavy (non-hydrogen) atoms. The van der Waals surface area contributed by atoms with Crippen LogP contribution in [-0.4, -0.2) is 38.9 Å². The molecule has 3 heterocycles. The van der Waals surface area contributed by atoms with E-state index in [4.69, 9.17) is 0 Å². The second kappa shape index (κ2) is 8.95. The molecule has 8 heteroatoms. The summed E-state index contributed by atoms with van der Waals surface area (Å²) in [5, 5.41) is 10.2. The topological polar surface area (TPSA) is 105 Å². The minimum absolute atomic E-state index is 0.210. The third-order valence-electron chi connectivity index (χ3n) is 4.39. The number of nitrogens with zero attached hydrogens (tertiary/aromatic N) is 4. The van der Waals surface area contributed by atoms with Gasteiger partial charge < -0.3 is 16.0 Å². The quantitative estimate of drug-likeness (QED) is 0.410. The molecule has 3 N–H and O–H groups in total. The molecule has 0 aliphatic rings. The third kappa shape index (κ3) is 4.85. The number of aromatic nitrogens is 4. The minimum atomic E-state index is -0.210. The molecule has 0 atom stereocenters. The van der Waals surface area contributed by atoms with E-state index in [0.29, 0.717) is 30.4 Å². The standard InChI is InChI=1S/C22H21N7O/c1-15-8-9-23-20(12-15)29-21-13-19(26-14-27-21)24-10-11-25-22(30)18-7-6-16-4-2-3-5-17(16)28-18/h2-9,12-14H,10-11H2,1H3,(H,25,30)(H2,23,24,26,27,29). The SMILES string of the molecule is Cc1ccnc(Nc2cc(NCCNC(=O)c3ccc4ccccc4n3)ncn2)c1. The van der Waals surface area contributed by atoms with Crippen LogP contribution < -0.4 is 16.0 Å². The van der Waals surface area contributed by atoms with Gasteiger partial charge in [0, 0.05) is 30.7 Å². The number of pyridine rings is 2. The molecule has 3 aromatic heterocycles. The van der Waals surface area contributed by atoms with E-state index in [-0.39, 0.29) is 5.91 Å². The minimum Gasteiger partial charge on any atom is -0.368 e. The van der Waals surface area contributed by atoms with Crippen LogP contribution in [0.5, 0.6) is 0 Å². The van der Waals surface area contributed by atoms with E-state index in [1.807, 2.05) is 49.4 Å². The highest BCUT2D eigenvalue weighted by Crippen LogP contribution is 2.15. The molecule has 1 aromatic carbocycles. The van der Waals surface area contributed by atoms with Crippen LogP contribution in [-0.2, 0) is 0 Å². The van der Waals surface area contributed by atoms with Crippen molar-refractivity contribution < 1.29 is 4.79 Å². The smallest absolute Gasteiger partial charge is 0.269 e. The highest BCUT2D eigenvalue weighted by Gasteiger charge is 2.07. The van der Waals surface area contributed by atoms with E-state index in [9.17, 15) is 4.79 Å². The Bertz CT molecular complexity index is 1180. The van der Waals surface area contributed by atoms with Gasteiger partial charge in [-0.25, -0.2) is 19.9 Å². The fourth-order valence-corrected chi connectivity index (χ4v) is 2.91. The lowest BCUT2D eigenvalue weighted by Gasteiger charge is -2.09. The van der Waals surface area contributed by atoms with Gasteiger partial charge in [0.05, 0.1) is 5.52 Å². The van der Waals surface area contributed by atoms with Crippen molar-refractivity contribution in [1.82, 2.24) is 25.3 Å². The van der Waals surface area contributed by atoms with Gasteiger partial charge in [-0.05, 0) is 36.8 Å². The predicted octanol–water partition coefficient (Wildman–Crippen LogP) is 3.31. The fourth-order valence-electron chi connectivity index (χ4n) is 2.91. The number of benzene rings is 1. The van der Waals surface area contributed by atoms with Crippen molar-refractivity contribution in [2.24, 2.45) is 0 Å². The molecule has 0 fully saturated rings. The van der Waals surface area contributed by atoms with Crippen LogP contribution in [0.2, 0.25) is 0 Å². The number of hydrogen-bond donors (Lipinski definition) is 3. The molecular formula is C22H21N7O. The number of fused-ring (bicyclic) bond motifs is 1. The van der Waals surface area contributed by atoms with Gasteiger partial charge in [0.25, 0.3) is 5.91 Å². The Morgan fingerprint density at radius 2 is 1.73 bits per heavy atom. The molecular weight excluding hydrogens is 378 g/mol. The maximum absolute atomic E-state index is 12.3. The summed E-state index contributed by atoms with van der Waals surface area (Å²) in [6.45, 7) is 2.94. The number of nitrogens with one attached hydrogen (secondary N) is 3. The zero-order chi connectivity index (χ0) is 20.8. The number of para-hydroxylation sites is 1. The van der Waals surface area contributed by atoms with Gasteiger partial charge in [-0.15, -0.1) is 0 Å². The van der Waals surface area contributed by atoms with Crippen LogP contribution >= 0.6 is 0 Å². The summed E-state index contributed by atoms with van der Waals surface area (Å²) in [5.74, 6) is 1.79. The first-order valence-electron chi connectivity index (χ1n) is 9.57. The number of rotatable bonds is 7. The second-order valence-electron chi connectivity index (χ2n) is 6.70. The molecule has 4 aromatic rings. The highest BCUT2D eigenvalue weighted by molar-refractivity contribution is 5.94. The van der Waals surface area contributed by atoms with E-state index in [0.717, 1.165) is 22.3 Å². The molecule has 0 saturated heterocycles. The van der Waals surface area contributed by atoms with Crippen LogP contribution in [0.1, 0.15) is 16.1 Å². The molecule has 0 aliphatic heterocycles. The van der Waals surface area contributed by atoms with Gasteiger partial charge in [0.2, 0.25) is 0 Å². The normalized spacial score (nSPS) is 10.6. The maximum Gasteiger partial charge on any atom is 0.269 e. The van der Waals surface area contributed by atoms with Gasteiger partial charge in [-0.2, -0.15) is 0 Å². The molecule has 1 amide bonds. The monoisotopic (exact) mass is 399 g/mol. The van der Waals surface area contributed by atoms with Crippen molar-refractivity contribution >= 4 is 34.3 Å². The van der Waals surface area contributed by atoms with Gasteiger partial charge in [0.15, 0.2) is 0 Å². The number of carbonyl (C=O) groups is 1. The summed E-state index contributed by atoms with van der Waals surface area (Å²) >= 11 is 0. The zero-order valence-electron chi connectivity index (χ0n) is 16.5. The third-order valence-corrected chi connectivity index (χ3v) is 4.39. The van der Waals surface area contributed by atoms with Gasteiger partial charge in [0.1, 0.15) is 29.5 Å². The molecule has 150 valence electrons. The Kier molecular flexibility index (Phi) is 5.75. The lowest BCUT2D eigenvalue weighted by atomic mass is 10.2. The summed E-state index contributed by atoms with van der Waals surface area (Å²) in [5.41, 5.74) is 2.30.